The zero-order valence-corrected chi connectivity index (χ0v) is 11.8. The zero-order chi connectivity index (χ0) is 15.0. The molecule has 0 saturated heterocycles. The van der Waals surface area contributed by atoms with Gasteiger partial charge in [-0.05, 0) is 19.4 Å². The summed E-state index contributed by atoms with van der Waals surface area (Å²) in [5.41, 5.74) is 6.69. The van der Waals surface area contributed by atoms with Gasteiger partial charge in [0.05, 0.1) is 0 Å². The Kier molecular flexibility index (Phi) is 20.9. The van der Waals surface area contributed by atoms with Crippen molar-refractivity contribution in [3.05, 3.63) is 36.1 Å². The maximum Gasteiger partial charge on any atom is 0.290 e. The molecule has 0 rings (SSSR count). The van der Waals surface area contributed by atoms with Crippen molar-refractivity contribution in [3.8, 4) is 0 Å². The molecular weight excluding hydrogens is 230 g/mol. The Morgan fingerprint density at radius 3 is 2.11 bits per heavy atom. The Morgan fingerprint density at radius 2 is 1.83 bits per heavy atom. The Labute approximate surface area is 110 Å². The first kappa shape index (κ1) is 21.4. The van der Waals surface area contributed by atoms with E-state index < -0.39 is 0 Å². The first-order chi connectivity index (χ1) is 8.58. The number of rotatable bonds is 5. The van der Waals surface area contributed by atoms with E-state index in [4.69, 9.17) is 15.6 Å². The Bertz CT molecular complexity index is 291. The number of carbonyl (C=O) groups excluding carboxylic acids is 1. The van der Waals surface area contributed by atoms with Gasteiger partial charge in [0.25, 0.3) is 6.47 Å². The van der Waals surface area contributed by atoms with Crippen molar-refractivity contribution < 1.29 is 14.7 Å². The summed E-state index contributed by atoms with van der Waals surface area (Å²) in [6.07, 6.45) is 6.40. The average Bonchev–Trinajstić information content (AvgIpc) is 2.34. The monoisotopic (exact) mass is 255 g/mol. The molecule has 3 N–H and O–H groups in total. The number of nitrogens with two attached hydrogens (primary N) is 1. The topological polar surface area (TPSA) is 80.4 Å². The lowest BCUT2D eigenvalue weighted by Gasteiger charge is -2.02. The van der Waals surface area contributed by atoms with Gasteiger partial charge in [-0.25, -0.2) is 0 Å². The highest BCUT2D eigenvalue weighted by Crippen LogP contribution is 2.07. The molecule has 0 fully saturated rings. The maximum absolute atomic E-state index is 11.4. The fraction of sp³-hybridized carbons (Fsp3) is 0.429. The number of ketones is 1. The lowest BCUT2D eigenvalue weighted by atomic mass is 10.1. The lowest BCUT2D eigenvalue weighted by Crippen LogP contribution is -2.07. The second kappa shape index (κ2) is 17.6. The molecule has 0 saturated carbocycles. The quantitative estimate of drug-likeness (QED) is 0.449. The summed E-state index contributed by atoms with van der Waals surface area (Å²) in [5.74, 6) is 0.0631. The summed E-state index contributed by atoms with van der Waals surface area (Å²) < 4.78 is 0. The molecule has 0 aromatic rings. The Balaban J connectivity index is -0.000000389. The second-order valence-electron chi connectivity index (χ2n) is 2.85. The third-order valence-corrected chi connectivity index (χ3v) is 1.64. The van der Waals surface area contributed by atoms with Gasteiger partial charge in [-0.2, -0.15) is 0 Å². The highest BCUT2D eigenvalue weighted by Gasteiger charge is 2.06. The molecule has 0 amide bonds. The molecule has 0 aliphatic heterocycles. The van der Waals surface area contributed by atoms with Crippen molar-refractivity contribution in [1.82, 2.24) is 0 Å². The fourth-order valence-corrected chi connectivity index (χ4v) is 1.02. The predicted octanol–water partition coefficient (Wildman–Crippen LogP) is 3.06. The van der Waals surface area contributed by atoms with Gasteiger partial charge in [-0.15, -0.1) is 0 Å². The van der Waals surface area contributed by atoms with Crippen LogP contribution in [0.2, 0.25) is 0 Å². The molecule has 4 nitrogen and oxygen atoms in total. The van der Waals surface area contributed by atoms with Crippen molar-refractivity contribution in [2.24, 2.45) is 5.73 Å². The smallest absolute Gasteiger partial charge is 0.290 e. The molecule has 0 aliphatic rings. The van der Waals surface area contributed by atoms with Crippen molar-refractivity contribution in [3.63, 3.8) is 0 Å². The van der Waals surface area contributed by atoms with Crippen LogP contribution >= 0.6 is 0 Å². The molecule has 0 aliphatic carbocycles. The van der Waals surface area contributed by atoms with Gasteiger partial charge < -0.3 is 10.8 Å². The minimum absolute atomic E-state index is 0.0631. The van der Waals surface area contributed by atoms with Crippen LogP contribution in [-0.2, 0) is 9.59 Å². The fourth-order valence-electron chi connectivity index (χ4n) is 1.02. The standard InChI is InChI=1S/C11H17NO.C2H6.CH2O2/c1-4-7-10(12)9(6-3)11(13)8-5-2;1-2;2-1-3/h4,6-7H,3,5,8,12H2,1-2H3;1-2H3;1H,(H,2,3)/b7-4-,10-9-;;. The van der Waals surface area contributed by atoms with E-state index in [1.165, 1.54) is 6.08 Å². The zero-order valence-electron chi connectivity index (χ0n) is 11.8. The summed E-state index contributed by atoms with van der Waals surface area (Å²) in [4.78, 5) is 19.8. The first-order valence-corrected chi connectivity index (χ1v) is 5.94. The van der Waals surface area contributed by atoms with Crippen molar-refractivity contribution in [2.75, 3.05) is 0 Å². The molecule has 0 aromatic heterocycles. The van der Waals surface area contributed by atoms with E-state index in [1.807, 2.05) is 27.7 Å². The van der Waals surface area contributed by atoms with E-state index >= 15 is 0 Å². The van der Waals surface area contributed by atoms with Gasteiger partial charge in [-0.3, -0.25) is 9.59 Å². The minimum atomic E-state index is -0.250. The third kappa shape index (κ3) is 12.2. The number of allylic oxidation sites excluding steroid dienone is 4. The molecule has 4 heteroatoms. The van der Waals surface area contributed by atoms with E-state index in [9.17, 15) is 4.79 Å². The summed E-state index contributed by atoms with van der Waals surface area (Å²) >= 11 is 0. The average molecular weight is 255 g/mol. The van der Waals surface area contributed by atoms with Crippen LogP contribution in [-0.4, -0.2) is 17.4 Å². The largest absolute Gasteiger partial charge is 0.483 e. The summed E-state index contributed by atoms with van der Waals surface area (Å²) in [6, 6.07) is 0. The predicted molar refractivity (Wildman–Crippen MR) is 76.2 cm³/mol. The van der Waals surface area contributed by atoms with Crippen molar-refractivity contribution >= 4 is 12.3 Å². The highest BCUT2D eigenvalue weighted by molar-refractivity contribution is 5.98. The van der Waals surface area contributed by atoms with Gasteiger partial charge in [0.2, 0.25) is 0 Å². The van der Waals surface area contributed by atoms with Crippen molar-refractivity contribution in [1.29, 1.82) is 0 Å². The first-order valence-electron chi connectivity index (χ1n) is 5.94. The normalized spacial score (nSPS) is 10.2. The molecule has 0 unspecified atom stereocenters. The molecule has 18 heavy (non-hydrogen) atoms. The van der Waals surface area contributed by atoms with Gasteiger partial charge >= 0.3 is 0 Å². The number of hydrogen-bond donors (Lipinski definition) is 2. The van der Waals surface area contributed by atoms with Gasteiger partial charge in [0.15, 0.2) is 5.78 Å². The minimum Gasteiger partial charge on any atom is -0.483 e. The van der Waals surface area contributed by atoms with Crippen molar-refractivity contribution in [2.45, 2.75) is 40.5 Å². The number of carbonyl (C=O) groups is 2. The molecule has 0 bridgehead atoms. The number of carboxylic acid groups (broad SMARTS) is 1. The van der Waals surface area contributed by atoms with E-state index in [0.29, 0.717) is 17.7 Å². The third-order valence-electron chi connectivity index (χ3n) is 1.64. The van der Waals surface area contributed by atoms with Gasteiger partial charge in [-0.1, -0.05) is 39.5 Å². The Morgan fingerprint density at radius 1 is 1.39 bits per heavy atom. The number of hydrogen-bond acceptors (Lipinski definition) is 3. The molecule has 0 aromatic carbocycles. The van der Waals surface area contributed by atoms with E-state index in [2.05, 4.69) is 6.58 Å². The molecular formula is C14H25NO3. The summed E-state index contributed by atoms with van der Waals surface area (Å²) in [7, 11) is 0. The highest BCUT2D eigenvalue weighted by atomic mass is 16.3. The summed E-state index contributed by atoms with van der Waals surface area (Å²) in [5, 5.41) is 6.89. The molecule has 0 spiro atoms. The SMILES string of the molecule is C=C/C(C(=O)CCC)=C(N)\C=C/C.CC.O=CO. The van der Waals surface area contributed by atoms with E-state index in [0.717, 1.165) is 6.42 Å². The molecule has 0 radical (unpaired) electrons. The van der Waals surface area contributed by atoms with Gasteiger partial charge in [0, 0.05) is 17.7 Å². The maximum atomic E-state index is 11.4. The molecule has 104 valence electrons. The molecule has 0 heterocycles. The van der Waals surface area contributed by atoms with Crippen LogP contribution in [0.25, 0.3) is 0 Å². The van der Waals surface area contributed by atoms with Crippen LogP contribution in [0.5, 0.6) is 0 Å². The number of Topliss-reactive ketones (excluding diaryl/α,β-unsaturated/α-hetero) is 1. The van der Waals surface area contributed by atoms with Crippen LogP contribution < -0.4 is 5.73 Å². The lowest BCUT2D eigenvalue weighted by molar-refractivity contribution is -0.123. The summed E-state index contributed by atoms with van der Waals surface area (Å²) in [6.45, 7) is 11.1. The van der Waals surface area contributed by atoms with Crippen LogP contribution in [0.4, 0.5) is 0 Å². The second-order valence-corrected chi connectivity index (χ2v) is 2.85. The van der Waals surface area contributed by atoms with E-state index in [1.54, 1.807) is 12.2 Å². The van der Waals surface area contributed by atoms with Gasteiger partial charge in [0.1, 0.15) is 0 Å². The van der Waals surface area contributed by atoms with Crippen LogP contribution in [0.15, 0.2) is 36.1 Å². The van der Waals surface area contributed by atoms with Crippen LogP contribution in [0.3, 0.4) is 0 Å². The molecule has 0 atom stereocenters. The Hall–Kier alpha value is -1.84. The van der Waals surface area contributed by atoms with Crippen LogP contribution in [0, 0.1) is 0 Å². The van der Waals surface area contributed by atoms with E-state index in [-0.39, 0.29) is 12.3 Å². The van der Waals surface area contributed by atoms with Crippen LogP contribution in [0.1, 0.15) is 40.5 Å².